The molecule has 2 atom stereocenters. The van der Waals surface area contributed by atoms with Gasteiger partial charge in [0.25, 0.3) is 0 Å². The second-order valence-electron chi connectivity index (χ2n) is 4.75. The predicted molar refractivity (Wildman–Crippen MR) is 58.8 cm³/mol. The first-order chi connectivity index (χ1) is 7.28. The molecule has 0 aliphatic heterocycles. The number of hydrogen-bond donors (Lipinski definition) is 1. The van der Waals surface area contributed by atoms with E-state index in [0.29, 0.717) is 12.2 Å². The molecule has 4 nitrogen and oxygen atoms in total. The van der Waals surface area contributed by atoms with Crippen molar-refractivity contribution >= 4 is 11.8 Å². The molecule has 0 saturated heterocycles. The smallest absolute Gasteiger partial charge is 0.317 e. The summed E-state index contributed by atoms with van der Waals surface area (Å²) in [5.41, 5.74) is -1.32. The third kappa shape index (κ3) is 2.10. The van der Waals surface area contributed by atoms with Gasteiger partial charge in [-0.3, -0.25) is 9.59 Å². The highest BCUT2D eigenvalue weighted by atomic mass is 16.5. The molecule has 0 saturated carbocycles. The number of ether oxygens (including phenoxy) is 1. The van der Waals surface area contributed by atoms with Gasteiger partial charge in [0.1, 0.15) is 11.2 Å². The van der Waals surface area contributed by atoms with Gasteiger partial charge in [0.15, 0.2) is 5.78 Å². The molecule has 0 spiro atoms. The van der Waals surface area contributed by atoms with Crippen molar-refractivity contribution in [3.05, 3.63) is 11.8 Å². The van der Waals surface area contributed by atoms with Crippen LogP contribution in [-0.2, 0) is 14.3 Å². The fraction of sp³-hybridized carbons (Fsp3) is 0.667. The summed E-state index contributed by atoms with van der Waals surface area (Å²) in [5, 5.41) is 9.12. The molecule has 90 valence electrons. The zero-order chi connectivity index (χ0) is 12.5. The molecule has 0 aromatic rings. The third-order valence-corrected chi connectivity index (χ3v) is 3.13. The third-order valence-electron chi connectivity index (χ3n) is 3.13. The highest BCUT2D eigenvalue weighted by Gasteiger charge is 2.48. The number of rotatable bonds is 3. The Bertz CT molecular complexity index is 343. The summed E-state index contributed by atoms with van der Waals surface area (Å²) in [4.78, 5) is 23.0. The van der Waals surface area contributed by atoms with Crippen molar-refractivity contribution < 1.29 is 19.4 Å². The molecule has 1 aliphatic carbocycles. The molecule has 0 amide bonds. The Balaban J connectivity index is 2.97. The zero-order valence-corrected chi connectivity index (χ0v) is 10.1. The van der Waals surface area contributed by atoms with Crippen molar-refractivity contribution in [1.82, 2.24) is 0 Å². The summed E-state index contributed by atoms with van der Waals surface area (Å²) in [5.74, 6) is -1.11. The SMILES string of the molecule is CC(C)OC1=CC(=O)C(C)(C(=O)O)C(C)C1. The van der Waals surface area contributed by atoms with Crippen LogP contribution in [0, 0.1) is 11.3 Å². The van der Waals surface area contributed by atoms with Gasteiger partial charge in [-0.05, 0) is 26.7 Å². The molecule has 0 aromatic carbocycles. The molecule has 0 aromatic heterocycles. The maximum atomic E-state index is 11.8. The minimum Gasteiger partial charge on any atom is -0.495 e. The van der Waals surface area contributed by atoms with Gasteiger partial charge in [0.2, 0.25) is 0 Å². The number of allylic oxidation sites excluding steroid dienone is 2. The van der Waals surface area contributed by atoms with Gasteiger partial charge in [-0.1, -0.05) is 6.92 Å². The number of carbonyl (C=O) groups is 2. The van der Waals surface area contributed by atoms with E-state index >= 15 is 0 Å². The lowest BCUT2D eigenvalue weighted by Gasteiger charge is -2.33. The monoisotopic (exact) mass is 226 g/mol. The number of carbonyl (C=O) groups excluding carboxylic acids is 1. The molecule has 0 fully saturated rings. The molecule has 4 heteroatoms. The van der Waals surface area contributed by atoms with E-state index in [0.717, 1.165) is 0 Å². The minimum atomic E-state index is -1.32. The first-order valence-corrected chi connectivity index (χ1v) is 5.43. The molecule has 0 heterocycles. The lowest BCUT2D eigenvalue weighted by atomic mass is 9.69. The quantitative estimate of drug-likeness (QED) is 0.747. The molecule has 2 unspecified atom stereocenters. The first-order valence-electron chi connectivity index (χ1n) is 5.43. The van der Waals surface area contributed by atoms with Gasteiger partial charge in [-0.2, -0.15) is 0 Å². The molecule has 1 rings (SSSR count). The van der Waals surface area contributed by atoms with Gasteiger partial charge in [-0.25, -0.2) is 0 Å². The Kier molecular flexibility index (Phi) is 3.41. The molecular weight excluding hydrogens is 208 g/mol. The molecular formula is C12H18O4. The number of carboxylic acids is 1. The van der Waals surface area contributed by atoms with E-state index in [2.05, 4.69) is 0 Å². The van der Waals surface area contributed by atoms with Gasteiger partial charge in [0, 0.05) is 12.5 Å². The van der Waals surface area contributed by atoms with E-state index in [4.69, 9.17) is 9.84 Å². The van der Waals surface area contributed by atoms with Gasteiger partial charge in [-0.15, -0.1) is 0 Å². The van der Waals surface area contributed by atoms with Crippen LogP contribution in [0.25, 0.3) is 0 Å². The van der Waals surface area contributed by atoms with E-state index in [1.807, 2.05) is 13.8 Å². The highest BCUT2D eigenvalue weighted by Crippen LogP contribution is 2.38. The van der Waals surface area contributed by atoms with Crippen molar-refractivity contribution in [3.8, 4) is 0 Å². The average Bonchev–Trinajstić information content (AvgIpc) is 2.12. The van der Waals surface area contributed by atoms with E-state index in [9.17, 15) is 9.59 Å². The largest absolute Gasteiger partial charge is 0.495 e. The van der Waals surface area contributed by atoms with E-state index in [1.54, 1.807) is 6.92 Å². The first kappa shape index (κ1) is 12.7. The van der Waals surface area contributed by atoms with Crippen LogP contribution in [0.15, 0.2) is 11.8 Å². The second-order valence-corrected chi connectivity index (χ2v) is 4.75. The van der Waals surface area contributed by atoms with Crippen LogP contribution >= 0.6 is 0 Å². The van der Waals surface area contributed by atoms with E-state index < -0.39 is 11.4 Å². The van der Waals surface area contributed by atoms with E-state index in [-0.39, 0.29) is 17.8 Å². The molecule has 1 N–H and O–H groups in total. The standard InChI is InChI=1S/C12H18O4/c1-7(2)16-9-5-8(3)12(4,11(14)15)10(13)6-9/h6-8H,5H2,1-4H3,(H,14,15). The fourth-order valence-corrected chi connectivity index (χ4v) is 1.80. The van der Waals surface area contributed by atoms with Gasteiger partial charge < -0.3 is 9.84 Å². The van der Waals surface area contributed by atoms with Crippen molar-refractivity contribution in [2.45, 2.75) is 40.2 Å². The van der Waals surface area contributed by atoms with Crippen LogP contribution in [-0.4, -0.2) is 23.0 Å². The minimum absolute atomic E-state index is 0.000402. The maximum Gasteiger partial charge on any atom is 0.317 e. The van der Waals surface area contributed by atoms with Crippen LogP contribution in [0.4, 0.5) is 0 Å². The molecule has 16 heavy (non-hydrogen) atoms. The fourth-order valence-electron chi connectivity index (χ4n) is 1.80. The summed E-state index contributed by atoms with van der Waals surface area (Å²) in [7, 11) is 0. The number of carboxylic acid groups (broad SMARTS) is 1. The number of ketones is 1. The molecule has 1 aliphatic rings. The summed E-state index contributed by atoms with van der Waals surface area (Å²) in [6.45, 7) is 7.00. The van der Waals surface area contributed by atoms with Crippen LogP contribution in [0.3, 0.4) is 0 Å². The lowest BCUT2D eigenvalue weighted by Crippen LogP contribution is -2.44. The summed E-state index contributed by atoms with van der Waals surface area (Å²) in [6, 6.07) is 0. The molecule has 0 bridgehead atoms. The second kappa shape index (κ2) is 4.28. The average molecular weight is 226 g/mol. The van der Waals surface area contributed by atoms with Crippen LogP contribution in [0.5, 0.6) is 0 Å². The van der Waals surface area contributed by atoms with E-state index in [1.165, 1.54) is 13.0 Å². The lowest BCUT2D eigenvalue weighted by molar-refractivity contribution is -0.156. The Hall–Kier alpha value is -1.32. The Morgan fingerprint density at radius 1 is 1.62 bits per heavy atom. The van der Waals surface area contributed by atoms with Gasteiger partial charge >= 0.3 is 5.97 Å². The highest BCUT2D eigenvalue weighted by molar-refractivity contribution is 6.09. The topological polar surface area (TPSA) is 63.6 Å². The maximum absolute atomic E-state index is 11.8. The summed E-state index contributed by atoms with van der Waals surface area (Å²) >= 11 is 0. The van der Waals surface area contributed by atoms with Crippen molar-refractivity contribution in [2.75, 3.05) is 0 Å². The van der Waals surface area contributed by atoms with Crippen LogP contribution in [0.1, 0.15) is 34.1 Å². The number of hydrogen-bond acceptors (Lipinski definition) is 3. The molecule has 0 radical (unpaired) electrons. The Labute approximate surface area is 95.3 Å². The predicted octanol–water partition coefficient (Wildman–Crippen LogP) is 2.00. The zero-order valence-electron chi connectivity index (χ0n) is 10.1. The number of aliphatic carboxylic acids is 1. The summed E-state index contributed by atoms with van der Waals surface area (Å²) < 4.78 is 5.45. The van der Waals surface area contributed by atoms with Crippen molar-refractivity contribution in [3.63, 3.8) is 0 Å². The Morgan fingerprint density at radius 2 is 2.19 bits per heavy atom. The van der Waals surface area contributed by atoms with Crippen LogP contribution < -0.4 is 0 Å². The summed E-state index contributed by atoms with van der Waals surface area (Å²) in [6.07, 6.45) is 1.82. The van der Waals surface area contributed by atoms with Gasteiger partial charge in [0.05, 0.1) is 6.10 Å². The van der Waals surface area contributed by atoms with Crippen LogP contribution in [0.2, 0.25) is 0 Å². The van der Waals surface area contributed by atoms with Crippen molar-refractivity contribution in [1.29, 1.82) is 0 Å². The normalized spacial score (nSPS) is 30.2. The van der Waals surface area contributed by atoms with Crippen molar-refractivity contribution in [2.24, 2.45) is 11.3 Å². The Morgan fingerprint density at radius 3 is 2.56 bits per heavy atom.